The summed E-state index contributed by atoms with van der Waals surface area (Å²) in [6, 6.07) is 0. The van der Waals surface area contributed by atoms with Crippen LogP contribution in [-0.4, -0.2) is 0 Å². The third kappa shape index (κ3) is 2.26. The standard InChI is InChI=1S/C57H68/c1-3-16-7-15-5-6-17-8-19-10-20-11-22-13-24-23-12-21-9-18-4-2-14(1)25-36-28(16)38-26(15)27(17)39-32(19)42-33(20)41-31(22)35(24)44-43-34(23)30(21)40-29(18)37(25)46-47(36)54-48(38)49(39)55-51(42)50(41)52(44)56(57(54)55)53(46)45(40)43/h14-33,35-42,44-57H,1-13H2. The zero-order valence-corrected chi connectivity index (χ0v) is 34.4. The Hall–Kier alpha value is -0.260. The topological polar surface area (TPSA) is 0 Å². The molecule has 0 amide bonds. The Bertz CT molecular complexity index is 2160. The molecule has 21 saturated carbocycles. The van der Waals surface area contributed by atoms with Crippen molar-refractivity contribution in [2.24, 2.45) is 249 Å². The first kappa shape index (κ1) is 28.4. The third-order valence-corrected chi connectivity index (χ3v) is 32.2. The van der Waals surface area contributed by atoms with Gasteiger partial charge in [-0.15, -0.1) is 0 Å². The zero-order chi connectivity index (χ0) is 34.6. The van der Waals surface area contributed by atoms with Crippen LogP contribution >= 0.6 is 0 Å². The predicted octanol–water partition coefficient (Wildman–Crippen LogP) is 10.5. The molecule has 0 aromatic heterocycles. The molecular weight excluding hydrogens is 685 g/mol. The van der Waals surface area contributed by atoms with E-state index >= 15 is 0 Å². The van der Waals surface area contributed by atoms with Crippen molar-refractivity contribution in [2.45, 2.75) is 83.5 Å². The minimum absolute atomic E-state index is 1.11. The lowest BCUT2D eigenvalue weighted by atomic mass is 9.31. The number of hydrogen-bond donors (Lipinski definition) is 0. The second-order valence-electron chi connectivity index (χ2n) is 30.1. The average Bonchev–Trinajstić information content (AvgIpc) is 4.05. The normalized spacial score (nSPS) is 86.3. The molecule has 0 radical (unpaired) electrons. The molecule has 0 aromatic carbocycles. The number of rotatable bonds is 0. The summed E-state index contributed by atoms with van der Waals surface area (Å²) in [6.07, 6.45) is 22.7. The van der Waals surface area contributed by atoms with Gasteiger partial charge in [0.1, 0.15) is 0 Å². The van der Waals surface area contributed by atoms with Crippen molar-refractivity contribution in [3.63, 3.8) is 0 Å². The third-order valence-electron chi connectivity index (χ3n) is 32.2. The molecule has 0 N–H and O–H groups in total. The number of allylic oxidation sites excluding steroid dienone is 2. The number of hydrogen-bond acceptors (Lipinski definition) is 0. The summed E-state index contributed by atoms with van der Waals surface area (Å²) in [6.45, 7) is 0. The first-order valence-electron chi connectivity index (χ1n) is 28.1. The Labute approximate surface area is 341 Å². The summed E-state index contributed by atoms with van der Waals surface area (Å²) >= 11 is 0. The summed E-state index contributed by atoms with van der Waals surface area (Å²) in [5, 5.41) is 0. The fraction of sp³-hybridized carbons (Fsp3) is 0.965. The van der Waals surface area contributed by atoms with Crippen molar-refractivity contribution in [3.8, 4) is 0 Å². The van der Waals surface area contributed by atoms with Crippen LogP contribution in [0.3, 0.4) is 0 Å². The molecule has 0 heteroatoms. The van der Waals surface area contributed by atoms with Crippen LogP contribution in [0.15, 0.2) is 11.1 Å². The average molecular weight is 753 g/mol. The molecule has 23 aliphatic carbocycles. The lowest BCUT2D eigenvalue weighted by molar-refractivity contribution is -0.258. The second-order valence-corrected chi connectivity index (χ2v) is 30.1. The quantitative estimate of drug-likeness (QED) is 0.216. The van der Waals surface area contributed by atoms with E-state index in [1.54, 1.807) is 83.5 Å². The van der Waals surface area contributed by atoms with Crippen LogP contribution in [0.4, 0.5) is 0 Å². The molecule has 57 heavy (non-hydrogen) atoms. The van der Waals surface area contributed by atoms with Crippen LogP contribution in [0.5, 0.6) is 0 Å². The van der Waals surface area contributed by atoms with E-state index < -0.39 is 0 Å². The maximum atomic E-state index is 2.48. The minimum atomic E-state index is 1.11. The van der Waals surface area contributed by atoms with Crippen molar-refractivity contribution >= 4 is 0 Å². The molecule has 0 bridgehead atoms. The smallest absolute Gasteiger partial charge is 0.0126 e. The first-order valence-corrected chi connectivity index (χ1v) is 28.1. The van der Waals surface area contributed by atoms with Gasteiger partial charge in [-0.05, 0) is 332 Å². The molecule has 0 aromatic rings. The van der Waals surface area contributed by atoms with E-state index in [4.69, 9.17) is 0 Å². The highest BCUT2D eigenvalue weighted by Gasteiger charge is 2.91. The molecule has 42 atom stereocenters. The van der Waals surface area contributed by atoms with E-state index in [1.165, 1.54) is 219 Å². The van der Waals surface area contributed by atoms with Gasteiger partial charge in [-0.3, -0.25) is 0 Å². The highest BCUT2D eigenvalue weighted by Crippen LogP contribution is 2.95. The molecule has 23 aliphatic rings. The van der Waals surface area contributed by atoms with Gasteiger partial charge in [0.2, 0.25) is 0 Å². The van der Waals surface area contributed by atoms with Crippen LogP contribution < -0.4 is 0 Å². The molecule has 23 rings (SSSR count). The molecule has 0 saturated heterocycles. The molecule has 0 aliphatic heterocycles. The molecule has 0 nitrogen and oxygen atoms in total. The summed E-state index contributed by atoms with van der Waals surface area (Å²) < 4.78 is 0. The number of fused-ring (bicyclic) bond motifs is 1. The van der Waals surface area contributed by atoms with Crippen molar-refractivity contribution in [1.82, 2.24) is 0 Å². The van der Waals surface area contributed by atoms with Crippen LogP contribution in [0, 0.1) is 249 Å². The maximum absolute atomic E-state index is 2.48. The van der Waals surface area contributed by atoms with Crippen LogP contribution in [0.25, 0.3) is 0 Å². The van der Waals surface area contributed by atoms with Crippen molar-refractivity contribution < 1.29 is 0 Å². The summed E-state index contributed by atoms with van der Waals surface area (Å²) in [7, 11) is 0. The molecule has 0 heterocycles. The van der Waals surface area contributed by atoms with Crippen LogP contribution in [-0.2, 0) is 0 Å². The molecular formula is C57H68. The monoisotopic (exact) mass is 753 g/mol. The summed E-state index contributed by atoms with van der Waals surface area (Å²) in [5.74, 6) is 51.3. The van der Waals surface area contributed by atoms with Crippen LogP contribution in [0.2, 0.25) is 0 Å². The van der Waals surface area contributed by atoms with Crippen molar-refractivity contribution in [3.05, 3.63) is 11.1 Å². The van der Waals surface area contributed by atoms with Crippen LogP contribution in [0.1, 0.15) is 83.5 Å². The lowest BCUT2D eigenvalue weighted by Gasteiger charge is -2.73. The minimum Gasteiger partial charge on any atom is -0.0633 e. The Morgan fingerprint density at radius 3 is 1.11 bits per heavy atom. The van der Waals surface area contributed by atoms with E-state index in [-0.39, 0.29) is 0 Å². The summed E-state index contributed by atoms with van der Waals surface area (Å²) in [5.41, 5.74) is 4.88. The highest BCUT2D eigenvalue weighted by atomic mass is 15.0. The lowest BCUT2D eigenvalue weighted by Crippen LogP contribution is -2.70. The highest BCUT2D eigenvalue weighted by molar-refractivity contribution is 5.49. The zero-order valence-electron chi connectivity index (χ0n) is 34.4. The maximum Gasteiger partial charge on any atom is -0.0126 e. The fourth-order valence-electron chi connectivity index (χ4n) is 34.8. The molecule has 0 spiro atoms. The Morgan fingerprint density at radius 2 is 0.526 bits per heavy atom. The fourth-order valence-corrected chi connectivity index (χ4v) is 34.8. The Balaban J connectivity index is 0.901. The van der Waals surface area contributed by atoms with Gasteiger partial charge in [0, 0.05) is 0 Å². The van der Waals surface area contributed by atoms with E-state index in [1.807, 2.05) is 0 Å². The van der Waals surface area contributed by atoms with Gasteiger partial charge < -0.3 is 0 Å². The van der Waals surface area contributed by atoms with Gasteiger partial charge in [-0.25, -0.2) is 0 Å². The van der Waals surface area contributed by atoms with E-state index in [9.17, 15) is 0 Å². The largest absolute Gasteiger partial charge is 0.0633 e. The molecule has 296 valence electrons. The van der Waals surface area contributed by atoms with Gasteiger partial charge in [0.05, 0.1) is 0 Å². The SMILES string of the molecule is C1CC2CCC3CC4CCC5CC6CC7CC8CC9C%10CC%11CC1C1C%12C%11C%10=C%10C%11C9C8C8C7C7C6C6C5C4C4C3C3C2C1C1C(C%10%12)C2C%11C8C7C5C6C4C(C31)C25. The van der Waals surface area contributed by atoms with Crippen molar-refractivity contribution in [1.29, 1.82) is 0 Å². The van der Waals surface area contributed by atoms with E-state index in [0.29, 0.717) is 0 Å². The van der Waals surface area contributed by atoms with E-state index in [2.05, 4.69) is 11.1 Å². The van der Waals surface area contributed by atoms with Gasteiger partial charge >= 0.3 is 0 Å². The summed E-state index contributed by atoms with van der Waals surface area (Å²) in [4.78, 5) is 0. The Kier molecular flexibility index (Phi) is 3.98. The van der Waals surface area contributed by atoms with Crippen molar-refractivity contribution in [2.75, 3.05) is 0 Å². The van der Waals surface area contributed by atoms with Gasteiger partial charge in [0.25, 0.3) is 0 Å². The van der Waals surface area contributed by atoms with Gasteiger partial charge in [-0.1, -0.05) is 11.1 Å². The Morgan fingerprint density at radius 1 is 0.193 bits per heavy atom. The molecule has 21 fully saturated rings. The van der Waals surface area contributed by atoms with Gasteiger partial charge in [0.15, 0.2) is 0 Å². The first-order chi connectivity index (χ1) is 28.3. The van der Waals surface area contributed by atoms with E-state index in [0.717, 1.165) is 29.6 Å². The predicted molar refractivity (Wildman–Crippen MR) is 214 cm³/mol. The molecule has 42 unspecified atom stereocenters. The second kappa shape index (κ2) is 7.97. The van der Waals surface area contributed by atoms with Gasteiger partial charge in [-0.2, -0.15) is 0 Å².